The van der Waals surface area contributed by atoms with Gasteiger partial charge in [-0.05, 0) is 6.54 Å². The summed E-state index contributed by atoms with van der Waals surface area (Å²) < 4.78 is 5.47. The molecule has 1 aliphatic heterocycles. The van der Waals surface area contributed by atoms with Gasteiger partial charge in [0.15, 0.2) is 0 Å². The smallest absolute Gasteiger partial charge is 0.127 e. The van der Waals surface area contributed by atoms with Gasteiger partial charge in [0.25, 0.3) is 0 Å². The summed E-state index contributed by atoms with van der Waals surface area (Å²) in [6.07, 6.45) is 0.00343. The van der Waals surface area contributed by atoms with Gasteiger partial charge in [-0.25, -0.2) is 0 Å². The Hall–Kier alpha value is -0.610. The van der Waals surface area contributed by atoms with Crippen LogP contribution < -0.4 is 5.73 Å². The highest BCUT2D eigenvalue weighted by Gasteiger charge is 2.21. The van der Waals surface area contributed by atoms with E-state index in [4.69, 9.17) is 10.5 Å². The number of hydrogen-bond acceptors (Lipinski definition) is 3. The first-order chi connectivity index (χ1) is 5.77. The Morgan fingerprint density at radius 3 is 3.08 bits per heavy atom. The molecule has 1 saturated heterocycles. The maximum absolute atomic E-state index is 5.66. The lowest BCUT2D eigenvalue weighted by Gasteiger charge is -2.31. The van der Waals surface area contributed by atoms with Crippen molar-refractivity contribution in [3.05, 3.63) is 0 Å². The van der Waals surface area contributed by atoms with Crippen LogP contribution in [0.5, 0.6) is 0 Å². The van der Waals surface area contributed by atoms with Crippen LogP contribution in [-0.2, 0) is 4.74 Å². The largest absolute Gasteiger partial charge is 0.385 e. The molecule has 0 spiro atoms. The number of morpholine rings is 1. The summed E-state index contributed by atoms with van der Waals surface area (Å²) in [5, 5.41) is 0. The van der Waals surface area contributed by atoms with Gasteiger partial charge >= 0.3 is 0 Å². The molecule has 1 fully saturated rings. The van der Waals surface area contributed by atoms with Crippen LogP contribution in [0.4, 0.5) is 0 Å². The zero-order chi connectivity index (χ0) is 8.97. The minimum absolute atomic E-state index is 0.00343. The Morgan fingerprint density at radius 1 is 1.75 bits per heavy atom. The molecular formula is C8H17N3O. The van der Waals surface area contributed by atoms with Crippen LogP contribution in [0.1, 0.15) is 6.92 Å². The molecule has 0 saturated carbocycles. The standard InChI is InChI=1S/C8H17N3O/c1-3-11-4-5-12-7(6-11)8(9)10-2/h7H,3-6H2,1-2H3,(H2,9,10). The molecule has 0 aliphatic carbocycles. The molecule has 0 amide bonds. The van der Waals surface area contributed by atoms with Crippen LogP contribution >= 0.6 is 0 Å². The number of rotatable bonds is 2. The molecule has 4 heteroatoms. The van der Waals surface area contributed by atoms with E-state index in [2.05, 4.69) is 16.8 Å². The Bertz CT molecular complexity index is 170. The third kappa shape index (κ3) is 2.19. The molecule has 1 aliphatic rings. The van der Waals surface area contributed by atoms with Gasteiger partial charge in [0.2, 0.25) is 0 Å². The fourth-order valence-corrected chi connectivity index (χ4v) is 1.31. The van der Waals surface area contributed by atoms with Gasteiger partial charge < -0.3 is 10.5 Å². The van der Waals surface area contributed by atoms with Crippen LogP contribution in [0.3, 0.4) is 0 Å². The Labute approximate surface area is 73.4 Å². The van der Waals surface area contributed by atoms with Crippen LogP contribution in [-0.4, -0.2) is 50.1 Å². The SMILES string of the molecule is CCN1CCOC(C(N)=NC)C1. The number of nitrogens with two attached hydrogens (primary N) is 1. The Morgan fingerprint density at radius 2 is 2.50 bits per heavy atom. The van der Waals surface area contributed by atoms with Crippen LogP contribution in [0.15, 0.2) is 4.99 Å². The van der Waals surface area contributed by atoms with Gasteiger partial charge in [0.05, 0.1) is 6.61 Å². The van der Waals surface area contributed by atoms with Crippen molar-refractivity contribution in [2.75, 3.05) is 33.3 Å². The summed E-state index contributed by atoms with van der Waals surface area (Å²) in [6, 6.07) is 0. The fraction of sp³-hybridized carbons (Fsp3) is 0.875. The van der Waals surface area contributed by atoms with E-state index in [0.29, 0.717) is 5.84 Å². The normalized spacial score (nSPS) is 27.5. The van der Waals surface area contributed by atoms with Gasteiger partial charge in [0.1, 0.15) is 11.9 Å². The van der Waals surface area contributed by atoms with E-state index < -0.39 is 0 Å². The molecule has 1 heterocycles. The quantitative estimate of drug-likeness (QED) is 0.458. The van der Waals surface area contributed by atoms with Crippen molar-refractivity contribution in [3.63, 3.8) is 0 Å². The summed E-state index contributed by atoms with van der Waals surface area (Å²) in [5.74, 6) is 0.605. The maximum atomic E-state index is 5.66. The predicted octanol–water partition coefficient (Wildman–Crippen LogP) is -0.306. The van der Waals surface area contributed by atoms with E-state index in [0.717, 1.165) is 26.2 Å². The molecule has 2 N–H and O–H groups in total. The summed E-state index contributed by atoms with van der Waals surface area (Å²) in [5.41, 5.74) is 5.66. The van der Waals surface area contributed by atoms with E-state index in [9.17, 15) is 0 Å². The summed E-state index contributed by atoms with van der Waals surface area (Å²) in [6.45, 7) is 5.83. The third-order valence-corrected chi connectivity index (χ3v) is 2.19. The van der Waals surface area contributed by atoms with E-state index >= 15 is 0 Å². The highest BCUT2D eigenvalue weighted by molar-refractivity contribution is 5.85. The number of aliphatic imine (C=N–C) groups is 1. The molecule has 1 atom stereocenters. The average molecular weight is 171 g/mol. The molecule has 0 bridgehead atoms. The molecular weight excluding hydrogens is 154 g/mol. The lowest BCUT2D eigenvalue weighted by molar-refractivity contribution is 0.00819. The molecule has 4 nitrogen and oxygen atoms in total. The Balaban J connectivity index is 2.45. The minimum Gasteiger partial charge on any atom is -0.385 e. The molecule has 1 unspecified atom stereocenters. The highest BCUT2D eigenvalue weighted by atomic mass is 16.5. The van der Waals surface area contributed by atoms with Crippen molar-refractivity contribution in [3.8, 4) is 0 Å². The number of likely N-dealkylation sites (N-methyl/N-ethyl adjacent to an activating group) is 1. The van der Waals surface area contributed by atoms with Crippen LogP contribution in [0.25, 0.3) is 0 Å². The monoisotopic (exact) mass is 171 g/mol. The highest BCUT2D eigenvalue weighted by Crippen LogP contribution is 2.04. The van der Waals surface area contributed by atoms with E-state index in [1.165, 1.54) is 0 Å². The van der Waals surface area contributed by atoms with Gasteiger partial charge in [-0.1, -0.05) is 6.92 Å². The van der Waals surface area contributed by atoms with Crippen LogP contribution in [0, 0.1) is 0 Å². The topological polar surface area (TPSA) is 50.9 Å². The number of nitrogens with zero attached hydrogens (tertiary/aromatic N) is 2. The average Bonchev–Trinajstić information content (AvgIpc) is 2.17. The first kappa shape index (κ1) is 9.48. The number of amidine groups is 1. The first-order valence-corrected chi connectivity index (χ1v) is 4.34. The fourth-order valence-electron chi connectivity index (χ4n) is 1.31. The molecule has 0 radical (unpaired) electrons. The lowest BCUT2D eigenvalue weighted by atomic mass is 10.2. The molecule has 12 heavy (non-hydrogen) atoms. The molecule has 1 rings (SSSR count). The number of ether oxygens (including phenoxy) is 1. The number of hydrogen-bond donors (Lipinski definition) is 1. The molecule has 0 aromatic heterocycles. The Kier molecular flexibility index (Phi) is 3.49. The molecule has 70 valence electrons. The van der Waals surface area contributed by atoms with Crippen molar-refractivity contribution in [2.24, 2.45) is 10.7 Å². The maximum Gasteiger partial charge on any atom is 0.127 e. The van der Waals surface area contributed by atoms with Crippen LogP contribution in [0.2, 0.25) is 0 Å². The van der Waals surface area contributed by atoms with Crippen molar-refractivity contribution in [1.82, 2.24) is 4.90 Å². The third-order valence-electron chi connectivity index (χ3n) is 2.19. The first-order valence-electron chi connectivity index (χ1n) is 4.34. The van der Waals surface area contributed by atoms with Crippen molar-refractivity contribution < 1.29 is 4.74 Å². The van der Waals surface area contributed by atoms with Crippen molar-refractivity contribution in [1.29, 1.82) is 0 Å². The molecule has 0 aromatic rings. The van der Waals surface area contributed by atoms with Crippen molar-refractivity contribution in [2.45, 2.75) is 13.0 Å². The zero-order valence-electron chi connectivity index (χ0n) is 7.79. The second-order valence-electron chi connectivity index (χ2n) is 2.90. The summed E-state index contributed by atoms with van der Waals surface area (Å²) in [7, 11) is 1.70. The van der Waals surface area contributed by atoms with Crippen molar-refractivity contribution >= 4 is 5.84 Å². The van der Waals surface area contributed by atoms with Gasteiger partial charge in [-0.3, -0.25) is 9.89 Å². The minimum atomic E-state index is 0.00343. The van der Waals surface area contributed by atoms with E-state index in [-0.39, 0.29) is 6.10 Å². The predicted molar refractivity (Wildman–Crippen MR) is 49.4 cm³/mol. The van der Waals surface area contributed by atoms with Gasteiger partial charge in [-0.2, -0.15) is 0 Å². The zero-order valence-corrected chi connectivity index (χ0v) is 7.79. The van der Waals surface area contributed by atoms with Gasteiger partial charge in [-0.15, -0.1) is 0 Å². The van der Waals surface area contributed by atoms with E-state index in [1.54, 1.807) is 7.05 Å². The second-order valence-corrected chi connectivity index (χ2v) is 2.90. The lowest BCUT2D eigenvalue weighted by Crippen LogP contribution is -2.48. The second kappa shape index (κ2) is 4.42. The summed E-state index contributed by atoms with van der Waals surface area (Å²) in [4.78, 5) is 6.24. The van der Waals surface area contributed by atoms with E-state index in [1.807, 2.05) is 0 Å². The van der Waals surface area contributed by atoms with Gasteiger partial charge in [0, 0.05) is 20.1 Å². The molecule has 0 aromatic carbocycles. The summed E-state index contributed by atoms with van der Waals surface area (Å²) >= 11 is 0.